The molecule has 0 aromatic carbocycles. The maximum atomic E-state index is 12.3. The van der Waals surface area contributed by atoms with E-state index in [2.05, 4.69) is 15.7 Å². The van der Waals surface area contributed by atoms with Gasteiger partial charge in [-0.15, -0.1) is 6.58 Å². The van der Waals surface area contributed by atoms with Crippen molar-refractivity contribution >= 4 is 21.2 Å². The number of hydrogen-bond acceptors (Lipinski definition) is 5. The Morgan fingerprint density at radius 1 is 1.27 bits per heavy atom. The van der Waals surface area contributed by atoms with Gasteiger partial charge in [0.2, 0.25) is 5.88 Å². The van der Waals surface area contributed by atoms with Crippen LogP contribution in [0.5, 0.6) is 5.88 Å². The van der Waals surface area contributed by atoms with E-state index in [-0.39, 0.29) is 12.2 Å². The lowest BCUT2D eigenvalue weighted by atomic mass is 10.3. The number of pyridine rings is 2. The average molecular weight is 334 g/mol. The highest BCUT2D eigenvalue weighted by Crippen LogP contribution is 2.26. The van der Waals surface area contributed by atoms with E-state index in [4.69, 9.17) is 0 Å². The predicted octanol–water partition coefficient (Wildman–Crippen LogP) is 1.81. The Hall–Kier alpha value is -2.36. The molecule has 0 amide bonds. The fraction of sp³-hybridized carbons (Fsp3) is 0.167. The van der Waals surface area contributed by atoms with Crippen molar-refractivity contribution in [1.82, 2.24) is 9.55 Å². The van der Waals surface area contributed by atoms with E-state index in [1.165, 1.54) is 24.3 Å². The Balaban J connectivity index is 2.57. The Kier molecular flexibility index (Phi) is 3.96. The van der Waals surface area contributed by atoms with Gasteiger partial charge < -0.3 is 4.18 Å². The van der Waals surface area contributed by atoms with Crippen molar-refractivity contribution in [3.8, 4) is 5.88 Å². The third-order valence-electron chi connectivity index (χ3n) is 2.60. The normalized spacial score (nSPS) is 12.3. The predicted molar refractivity (Wildman–Crippen MR) is 71.8 cm³/mol. The maximum Gasteiger partial charge on any atom is 0.534 e. The van der Waals surface area contributed by atoms with Crippen molar-refractivity contribution in [3.05, 3.63) is 47.3 Å². The van der Waals surface area contributed by atoms with Gasteiger partial charge in [-0.2, -0.15) is 26.6 Å². The van der Waals surface area contributed by atoms with Crippen LogP contribution < -0.4 is 9.74 Å². The lowest BCUT2D eigenvalue weighted by Crippen LogP contribution is -2.28. The van der Waals surface area contributed by atoms with Crippen LogP contribution in [0.2, 0.25) is 0 Å². The van der Waals surface area contributed by atoms with Crippen LogP contribution in [-0.2, 0) is 16.7 Å². The fourth-order valence-corrected chi connectivity index (χ4v) is 2.07. The molecule has 2 rings (SSSR count). The quantitative estimate of drug-likeness (QED) is 0.484. The molecule has 0 atom stereocenters. The van der Waals surface area contributed by atoms with Crippen molar-refractivity contribution in [3.63, 3.8) is 0 Å². The number of rotatable bonds is 4. The highest BCUT2D eigenvalue weighted by Gasteiger charge is 2.48. The van der Waals surface area contributed by atoms with Gasteiger partial charge in [0.05, 0.1) is 0 Å². The summed E-state index contributed by atoms with van der Waals surface area (Å²) in [5, 5.41) is 0.429. The number of hydrogen-bond donors (Lipinski definition) is 0. The van der Waals surface area contributed by atoms with Gasteiger partial charge in [-0.1, -0.05) is 6.08 Å². The lowest BCUT2D eigenvalue weighted by Gasteiger charge is -2.11. The molecule has 118 valence electrons. The van der Waals surface area contributed by atoms with Gasteiger partial charge in [-0.3, -0.25) is 9.36 Å². The molecule has 2 aromatic heterocycles. The summed E-state index contributed by atoms with van der Waals surface area (Å²) in [6.45, 7) is 3.51. The lowest BCUT2D eigenvalue weighted by molar-refractivity contribution is -0.0501. The molecule has 6 nitrogen and oxygen atoms in total. The molecule has 10 heteroatoms. The molecule has 0 N–H and O–H groups in total. The summed E-state index contributed by atoms with van der Waals surface area (Å²) in [5.74, 6) is -0.784. The van der Waals surface area contributed by atoms with Crippen molar-refractivity contribution in [2.24, 2.45) is 0 Å². The molecule has 0 spiro atoms. The molecule has 0 bridgehead atoms. The molecule has 2 aromatic rings. The summed E-state index contributed by atoms with van der Waals surface area (Å²) in [5.41, 5.74) is -6.04. The van der Waals surface area contributed by atoms with E-state index in [1.807, 2.05) is 0 Å². The molecule has 0 fully saturated rings. The highest BCUT2D eigenvalue weighted by molar-refractivity contribution is 7.87. The van der Waals surface area contributed by atoms with E-state index in [0.717, 1.165) is 10.6 Å². The number of alkyl halides is 3. The monoisotopic (exact) mass is 334 g/mol. The average Bonchev–Trinajstić information content (AvgIpc) is 2.40. The van der Waals surface area contributed by atoms with Gasteiger partial charge in [-0.25, -0.2) is 0 Å². The SMILES string of the molecule is C=CCn1c(=O)ccc2ccc(OS(=O)(=O)C(F)(F)F)nc21. The Bertz CT molecular complexity index is 887. The molecular formula is C12H9F3N2O4S. The molecule has 0 radical (unpaired) electrons. The first-order valence-corrected chi connectivity index (χ1v) is 7.19. The zero-order valence-corrected chi connectivity index (χ0v) is 11.7. The van der Waals surface area contributed by atoms with Gasteiger partial charge >= 0.3 is 15.6 Å². The molecule has 2 heterocycles. The minimum Gasteiger partial charge on any atom is -0.355 e. The second kappa shape index (κ2) is 5.44. The largest absolute Gasteiger partial charge is 0.534 e. The standard InChI is InChI=1S/C12H9F3N2O4S/c1-2-7-17-10(18)6-4-8-3-5-9(16-11(8)17)21-22(19,20)12(13,14)15/h2-6H,1,7H2. The zero-order chi connectivity index (χ0) is 16.5. The van der Waals surface area contributed by atoms with E-state index >= 15 is 0 Å². The second-order valence-electron chi connectivity index (χ2n) is 4.12. The third kappa shape index (κ3) is 2.96. The number of allylic oxidation sites excluding steroid dienone is 1. The van der Waals surface area contributed by atoms with Crippen LogP contribution in [0.4, 0.5) is 13.2 Å². The van der Waals surface area contributed by atoms with Crippen molar-refractivity contribution < 1.29 is 25.8 Å². The summed E-state index contributed by atoms with van der Waals surface area (Å²) in [4.78, 5) is 15.4. The summed E-state index contributed by atoms with van der Waals surface area (Å²) < 4.78 is 63.9. The number of halogens is 3. The van der Waals surface area contributed by atoms with Gasteiger partial charge in [0, 0.05) is 24.1 Å². The van der Waals surface area contributed by atoms with Gasteiger partial charge in [0.25, 0.3) is 5.56 Å². The van der Waals surface area contributed by atoms with Gasteiger partial charge in [0.15, 0.2) is 0 Å². The topological polar surface area (TPSA) is 78.3 Å². The maximum absolute atomic E-state index is 12.3. The van der Waals surface area contributed by atoms with E-state index in [1.54, 1.807) is 0 Å². The summed E-state index contributed by atoms with van der Waals surface area (Å²) in [6.07, 6.45) is 1.39. The van der Waals surface area contributed by atoms with Crippen LogP contribution in [-0.4, -0.2) is 23.5 Å². The van der Waals surface area contributed by atoms with Crippen LogP contribution in [0.3, 0.4) is 0 Å². The van der Waals surface area contributed by atoms with Crippen LogP contribution in [0.25, 0.3) is 11.0 Å². The molecule has 0 aliphatic carbocycles. The molecule has 0 saturated carbocycles. The van der Waals surface area contributed by atoms with Crippen molar-refractivity contribution in [2.75, 3.05) is 0 Å². The molecular weight excluding hydrogens is 325 g/mol. The summed E-state index contributed by atoms with van der Waals surface area (Å²) in [7, 11) is -5.82. The van der Waals surface area contributed by atoms with Gasteiger partial charge in [0.1, 0.15) is 5.65 Å². The highest BCUT2D eigenvalue weighted by atomic mass is 32.2. The summed E-state index contributed by atoms with van der Waals surface area (Å²) in [6, 6.07) is 4.92. The van der Waals surface area contributed by atoms with Crippen LogP contribution in [0, 0.1) is 0 Å². The first-order chi connectivity index (χ1) is 10.2. The zero-order valence-electron chi connectivity index (χ0n) is 10.9. The fourth-order valence-electron chi connectivity index (χ4n) is 1.66. The third-order valence-corrected chi connectivity index (χ3v) is 3.55. The Morgan fingerprint density at radius 3 is 2.50 bits per heavy atom. The number of aromatic nitrogens is 2. The minimum absolute atomic E-state index is 0.0118. The molecule has 0 aliphatic rings. The number of fused-ring (bicyclic) bond motifs is 1. The van der Waals surface area contributed by atoms with E-state index < -0.39 is 27.1 Å². The molecule has 0 saturated heterocycles. The summed E-state index contributed by atoms with van der Waals surface area (Å²) >= 11 is 0. The van der Waals surface area contributed by atoms with E-state index in [9.17, 15) is 26.4 Å². The second-order valence-corrected chi connectivity index (χ2v) is 5.65. The smallest absolute Gasteiger partial charge is 0.355 e. The van der Waals surface area contributed by atoms with Crippen LogP contribution in [0.15, 0.2) is 41.7 Å². The molecule has 22 heavy (non-hydrogen) atoms. The van der Waals surface area contributed by atoms with Crippen molar-refractivity contribution in [2.45, 2.75) is 12.1 Å². The first kappa shape index (κ1) is 16.0. The van der Waals surface area contributed by atoms with Crippen LogP contribution >= 0.6 is 0 Å². The Labute approximate surface area is 122 Å². The van der Waals surface area contributed by atoms with Crippen LogP contribution in [0.1, 0.15) is 0 Å². The minimum atomic E-state index is -5.82. The van der Waals surface area contributed by atoms with Gasteiger partial charge in [-0.05, 0) is 12.1 Å². The van der Waals surface area contributed by atoms with Crippen molar-refractivity contribution in [1.29, 1.82) is 0 Å². The Morgan fingerprint density at radius 2 is 1.91 bits per heavy atom. The van der Waals surface area contributed by atoms with E-state index in [0.29, 0.717) is 5.39 Å². The molecule has 0 aliphatic heterocycles. The molecule has 0 unspecified atom stereocenters. The first-order valence-electron chi connectivity index (χ1n) is 5.78. The number of nitrogens with zero attached hydrogens (tertiary/aromatic N) is 2.